The minimum Gasteiger partial charge on any atom is -0.396 e. The summed E-state index contributed by atoms with van der Waals surface area (Å²) in [5, 5.41) is 9.10. The molecule has 0 radical (unpaired) electrons. The molecule has 3 nitrogen and oxygen atoms in total. The van der Waals surface area contributed by atoms with Crippen LogP contribution in [0.3, 0.4) is 0 Å². The maximum atomic E-state index is 12.2. The lowest BCUT2D eigenvalue weighted by molar-refractivity contribution is 0.0864. The summed E-state index contributed by atoms with van der Waals surface area (Å²) < 4.78 is 0. The third kappa shape index (κ3) is 3.88. The Kier molecular flexibility index (Phi) is 5.11. The van der Waals surface area contributed by atoms with Crippen molar-refractivity contribution in [2.75, 3.05) is 26.2 Å². The monoisotopic (exact) mass is 261 g/mol. The van der Waals surface area contributed by atoms with E-state index in [1.807, 2.05) is 24.3 Å². The number of hydrogen-bond acceptors (Lipinski definition) is 3. The molecule has 1 aliphatic rings. The number of ketones is 1. The number of nitrogens with zero attached hydrogens (tertiary/aromatic N) is 1. The highest BCUT2D eigenvalue weighted by Gasteiger charge is 2.20. The van der Waals surface area contributed by atoms with Crippen molar-refractivity contribution in [1.29, 1.82) is 0 Å². The van der Waals surface area contributed by atoms with Crippen molar-refractivity contribution in [2.45, 2.75) is 26.2 Å². The molecule has 0 amide bonds. The van der Waals surface area contributed by atoms with Crippen LogP contribution in [0.25, 0.3) is 0 Å². The molecule has 1 N–H and O–H groups in total. The normalized spacial score (nSPS) is 17.6. The van der Waals surface area contributed by atoms with Crippen LogP contribution in [0.1, 0.15) is 35.7 Å². The second kappa shape index (κ2) is 6.83. The molecule has 2 rings (SSSR count). The van der Waals surface area contributed by atoms with E-state index in [4.69, 9.17) is 5.11 Å². The van der Waals surface area contributed by atoms with Crippen molar-refractivity contribution in [1.82, 2.24) is 4.90 Å². The van der Waals surface area contributed by atoms with Crippen molar-refractivity contribution >= 4 is 5.78 Å². The van der Waals surface area contributed by atoms with Gasteiger partial charge in [-0.15, -0.1) is 0 Å². The minimum atomic E-state index is 0.199. The molecule has 1 fully saturated rings. The molecule has 104 valence electrons. The largest absolute Gasteiger partial charge is 0.396 e. The van der Waals surface area contributed by atoms with E-state index in [1.165, 1.54) is 5.56 Å². The Bertz CT molecular complexity index is 405. The van der Waals surface area contributed by atoms with Crippen LogP contribution in [0.5, 0.6) is 0 Å². The van der Waals surface area contributed by atoms with E-state index in [2.05, 4.69) is 11.8 Å². The third-order valence-corrected chi connectivity index (χ3v) is 4.02. The van der Waals surface area contributed by atoms with Gasteiger partial charge in [0.15, 0.2) is 5.78 Å². The van der Waals surface area contributed by atoms with Crippen molar-refractivity contribution < 1.29 is 9.90 Å². The average molecular weight is 261 g/mol. The molecule has 1 aliphatic heterocycles. The fourth-order valence-electron chi connectivity index (χ4n) is 2.55. The quantitative estimate of drug-likeness (QED) is 0.826. The van der Waals surface area contributed by atoms with Gasteiger partial charge >= 0.3 is 0 Å². The number of likely N-dealkylation sites (tertiary alicyclic amines) is 1. The molecule has 0 unspecified atom stereocenters. The van der Waals surface area contributed by atoms with E-state index in [-0.39, 0.29) is 12.4 Å². The van der Waals surface area contributed by atoms with Crippen LogP contribution in [0.15, 0.2) is 24.3 Å². The molecular formula is C16H23NO2. The first-order valence-corrected chi connectivity index (χ1v) is 7.18. The number of hydrogen-bond donors (Lipinski definition) is 1. The van der Waals surface area contributed by atoms with Crippen LogP contribution >= 0.6 is 0 Å². The van der Waals surface area contributed by atoms with Crippen molar-refractivity contribution in [3.05, 3.63) is 35.4 Å². The lowest BCUT2D eigenvalue weighted by Gasteiger charge is -2.30. The van der Waals surface area contributed by atoms with E-state index >= 15 is 0 Å². The molecule has 0 aromatic heterocycles. The topological polar surface area (TPSA) is 40.5 Å². The van der Waals surface area contributed by atoms with Crippen molar-refractivity contribution in [3.63, 3.8) is 0 Å². The SMILES string of the molecule is CCc1ccc(C(=O)CN2CCC(CO)CC2)cc1. The Morgan fingerprint density at radius 2 is 1.89 bits per heavy atom. The van der Waals surface area contributed by atoms with Gasteiger partial charge in [0.1, 0.15) is 0 Å². The number of aliphatic hydroxyl groups excluding tert-OH is 1. The molecule has 1 saturated heterocycles. The van der Waals surface area contributed by atoms with E-state index in [9.17, 15) is 4.79 Å². The van der Waals surface area contributed by atoms with Crippen LogP contribution < -0.4 is 0 Å². The zero-order chi connectivity index (χ0) is 13.7. The maximum absolute atomic E-state index is 12.2. The minimum absolute atomic E-state index is 0.199. The Balaban J connectivity index is 1.87. The standard InChI is InChI=1S/C16H23NO2/c1-2-13-3-5-15(6-4-13)16(19)11-17-9-7-14(12-18)8-10-17/h3-6,14,18H,2,7-12H2,1H3. The molecular weight excluding hydrogens is 238 g/mol. The van der Waals surface area contributed by atoms with Crippen LogP contribution in [0, 0.1) is 5.92 Å². The summed E-state index contributed by atoms with van der Waals surface area (Å²) in [4.78, 5) is 14.4. The van der Waals surface area contributed by atoms with Gasteiger partial charge < -0.3 is 5.11 Å². The molecule has 0 spiro atoms. The lowest BCUT2D eigenvalue weighted by atomic mass is 9.97. The van der Waals surface area contributed by atoms with E-state index in [1.54, 1.807) is 0 Å². The smallest absolute Gasteiger partial charge is 0.176 e. The summed E-state index contributed by atoms with van der Waals surface area (Å²) in [6.45, 7) is 4.74. The number of benzene rings is 1. The number of aryl methyl sites for hydroxylation is 1. The molecule has 19 heavy (non-hydrogen) atoms. The van der Waals surface area contributed by atoms with Gasteiger partial charge in [-0.3, -0.25) is 9.69 Å². The zero-order valence-corrected chi connectivity index (χ0v) is 11.6. The Morgan fingerprint density at radius 1 is 1.26 bits per heavy atom. The third-order valence-electron chi connectivity index (χ3n) is 4.02. The van der Waals surface area contributed by atoms with Gasteiger partial charge in [0.25, 0.3) is 0 Å². The highest BCUT2D eigenvalue weighted by Crippen LogP contribution is 2.16. The average Bonchev–Trinajstić information content (AvgIpc) is 2.48. The molecule has 0 atom stereocenters. The summed E-state index contributed by atoms with van der Waals surface area (Å²) >= 11 is 0. The number of Topliss-reactive ketones (excluding diaryl/α,β-unsaturated/α-hetero) is 1. The summed E-state index contributed by atoms with van der Waals surface area (Å²) in [5.41, 5.74) is 2.07. The number of aliphatic hydroxyl groups is 1. The number of carbonyl (C=O) groups is 1. The Morgan fingerprint density at radius 3 is 2.42 bits per heavy atom. The Labute approximate surface area is 115 Å². The molecule has 1 heterocycles. The predicted octanol–water partition coefficient (Wildman–Crippen LogP) is 2.14. The summed E-state index contributed by atoms with van der Waals surface area (Å²) in [7, 11) is 0. The number of piperidine rings is 1. The van der Waals surface area contributed by atoms with E-state index < -0.39 is 0 Å². The van der Waals surface area contributed by atoms with Crippen LogP contribution in [0.2, 0.25) is 0 Å². The zero-order valence-electron chi connectivity index (χ0n) is 11.6. The first-order valence-electron chi connectivity index (χ1n) is 7.18. The molecule has 0 saturated carbocycles. The van der Waals surface area contributed by atoms with Gasteiger partial charge in [0.2, 0.25) is 0 Å². The predicted molar refractivity (Wildman–Crippen MR) is 76.4 cm³/mol. The van der Waals surface area contributed by atoms with E-state index in [0.29, 0.717) is 12.5 Å². The van der Waals surface area contributed by atoms with Gasteiger partial charge in [-0.05, 0) is 43.8 Å². The molecule has 0 aliphatic carbocycles. The molecule has 1 aromatic carbocycles. The van der Waals surface area contributed by atoms with Crippen molar-refractivity contribution in [3.8, 4) is 0 Å². The molecule has 0 bridgehead atoms. The van der Waals surface area contributed by atoms with Gasteiger partial charge in [0, 0.05) is 12.2 Å². The van der Waals surface area contributed by atoms with Gasteiger partial charge in [-0.1, -0.05) is 31.2 Å². The summed E-state index contributed by atoms with van der Waals surface area (Å²) in [5.74, 6) is 0.625. The molecule has 3 heteroatoms. The number of carbonyl (C=O) groups excluding carboxylic acids is 1. The van der Waals surface area contributed by atoms with Crippen LogP contribution in [-0.2, 0) is 6.42 Å². The fraction of sp³-hybridized carbons (Fsp3) is 0.562. The first kappa shape index (κ1) is 14.2. The lowest BCUT2D eigenvalue weighted by Crippen LogP contribution is -2.38. The maximum Gasteiger partial charge on any atom is 0.176 e. The van der Waals surface area contributed by atoms with Gasteiger partial charge in [-0.25, -0.2) is 0 Å². The highest BCUT2D eigenvalue weighted by molar-refractivity contribution is 5.97. The second-order valence-electron chi connectivity index (χ2n) is 5.38. The molecule has 1 aromatic rings. The second-order valence-corrected chi connectivity index (χ2v) is 5.38. The Hall–Kier alpha value is -1.19. The first-order chi connectivity index (χ1) is 9.22. The van der Waals surface area contributed by atoms with Crippen molar-refractivity contribution in [2.24, 2.45) is 5.92 Å². The fourth-order valence-corrected chi connectivity index (χ4v) is 2.55. The highest BCUT2D eigenvalue weighted by atomic mass is 16.3. The van der Waals surface area contributed by atoms with Crippen LogP contribution in [-0.4, -0.2) is 42.0 Å². The summed E-state index contributed by atoms with van der Waals surface area (Å²) in [6, 6.07) is 7.93. The van der Waals surface area contributed by atoms with Gasteiger partial charge in [0.05, 0.1) is 6.54 Å². The van der Waals surface area contributed by atoms with E-state index in [0.717, 1.165) is 37.9 Å². The van der Waals surface area contributed by atoms with Crippen LogP contribution in [0.4, 0.5) is 0 Å². The summed E-state index contributed by atoms with van der Waals surface area (Å²) in [6.07, 6.45) is 3.00. The van der Waals surface area contributed by atoms with Gasteiger partial charge in [-0.2, -0.15) is 0 Å². The number of rotatable bonds is 5.